The average Bonchev–Trinajstić information content (AvgIpc) is 2.71. The smallest absolute Gasteiger partial charge is 0.249 e. The summed E-state index contributed by atoms with van der Waals surface area (Å²) in [5.74, 6) is 1.25. The largest absolute Gasteiger partial charge is 0.368 e. The minimum absolute atomic E-state index is 0.0740. The third kappa shape index (κ3) is 5.35. The van der Waals surface area contributed by atoms with Crippen LogP contribution in [0.15, 0.2) is 6.07 Å². The molecule has 20 heavy (non-hydrogen) atoms. The number of aryl methyl sites for hydroxylation is 1. The molecule has 0 radical (unpaired) electrons. The van der Waals surface area contributed by atoms with E-state index < -0.39 is 0 Å². The van der Waals surface area contributed by atoms with Gasteiger partial charge in [0.15, 0.2) is 0 Å². The molecule has 0 bridgehead atoms. The number of carbonyl (C=O) groups is 1. The molecule has 114 valence electrons. The molecule has 1 heterocycles. The van der Waals surface area contributed by atoms with Gasteiger partial charge in [-0.3, -0.25) is 4.79 Å². The van der Waals surface area contributed by atoms with Crippen LogP contribution in [0.5, 0.6) is 0 Å². The Morgan fingerprint density at radius 3 is 2.55 bits per heavy atom. The Labute approximate surface area is 122 Å². The molecule has 0 saturated carbocycles. The van der Waals surface area contributed by atoms with Crippen LogP contribution >= 0.6 is 0 Å². The summed E-state index contributed by atoms with van der Waals surface area (Å²) in [7, 11) is 0. The predicted octanol–water partition coefficient (Wildman–Crippen LogP) is 4.12. The topological polar surface area (TPSA) is 46.9 Å². The van der Waals surface area contributed by atoms with E-state index >= 15 is 0 Å². The van der Waals surface area contributed by atoms with Crippen LogP contribution in [0.4, 0.5) is 5.82 Å². The van der Waals surface area contributed by atoms with Crippen molar-refractivity contribution in [3.63, 3.8) is 0 Å². The molecule has 0 atom stereocenters. The first kappa shape index (κ1) is 16.7. The van der Waals surface area contributed by atoms with Crippen LogP contribution in [-0.4, -0.2) is 21.7 Å². The molecular weight excluding hydrogens is 250 g/mol. The monoisotopic (exact) mass is 279 g/mol. The summed E-state index contributed by atoms with van der Waals surface area (Å²) in [6.45, 7) is 10.4. The standard InChI is InChI=1S/C16H29N3O/c1-6-7-8-9-14-11-15(17-13(4)5)19(18-14)16(20)10-12(2)3/h11-13,17H,6-10H2,1-5H3. The van der Waals surface area contributed by atoms with Gasteiger partial charge in [0.2, 0.25) is 5.91 Å². The normalized spacial score (nSPS) is 11.3. The van der Waals surface area contributed by atoms with Crippen LogP contribution in [0.3, 0.4) is 0 Å². The Morgan fingerprint density at radius 1 is 1.30 bits per heavy atom. The number of hydrogen-bond acceptors (Lipinski definition) is 3. The van der Waals surface area contributed by atoms with E-state index in [9.17, 15) is 4.79 Å². The fourth-order valence-electron chi connectivity index (χ4n) is 2.13. The Kier molecular flexibility index (Phi) is 6.76. The van der Waals surface area contributed by atoms with E-state index in [-0.39, 0.29) is 5.91 Å². The van der Waals surface area contributed by atoms with Crippen molar-refractivity contribution in [3.8, 4) is 0 Å². The van der Waals surface area contributed by atoms with Crippen LogP contribution < -0.4 is 5.32 Å². The van der Waals surface area contributed by atoms with E-state index in [0.717, 1.165) is 24.4 Å². The lowest BCUT2D eigenvalue weighted by Crippen LogP contribution is -2.20. The number of unbranched alkanes of at least 4 members (excludes halogenated alkanes) is 2. The summed E-state index contributed by atoms with van der Waals surface area (Å²) < 4.78 is 1.56. The van der Waals surface area contributed by atoms with Crippen LogP contribution in [0.1, 0.15) is 70.8 Å². The van der Waals surface area contributed by atoms with Gasteiger partial charge in [-0.1, -0.05) is 33.6 Å². The fraction of sp³-hybridized carbons (Fsp3) is 0.750. The van der Waals surface area contributed by atoms with Crippen molar-refractivity contribution >= 4 is 11.7 Å². The molecule has 0 aliphatic heterocycles. The molecule has 0 unspecified atom stereocenters. The van der Waals surface area contributed by atoms with Crippen LogP contribution in [0.25, 0.3) is 0 Å². The SMILES string of the molecule is CCCCCc1cc(NC(C)C)n(C(=O)CC(C)C)n1. The second-order valence-corrected chi connectivity index (χ2v) is 6.18. The minimum Gasteiger partial charge on any atom is -0.368 e. The lowest BCUT2D eigenvalue weighted by Gasteiger charge is -2.12. The summed E-state index contributed by atoms with van der Waals surface area (Å²) in [5.41, 5.74) is 1.01. The molecule has 0 aliphatic rings. The van der Waals surface area contributed by atoms with Gasteiger partial charge in [-0.25, -0.2) is 0 Å². The highest BCUT2D eigenvalue weighted by Crippen LogP contribution is 2.16. The first-order valence-corrected chi connectivity index (χ1v) is 7.82. The molecule has 4 heteroatoms. The molecule has 1 aromatic rings. The molecule has 0 saturated heterocycles. The number of anilines is 1. The van der Waals surface area contributed by atoms with Gasteiger partial charge < -0.3 is 5.32 Å². The summed E-state index contributed by atoms with van der Waals surface area (Å²) >= 11 is 0. The van der Waals surface area contributed by atoms with Gasteiger partial charge >= 0.3 is 0 Å². The second kappa shape index (κ2) is 8.08. The maximum atomic E-state index is 12.3. The number of carbonyl (C=O) groups excluding carboxylic acids is 1. The third-order valence-electron chi connectivity index (χ3n) is 3.05. The Bertz CT molecular complexity index is 421. The summed E-state index contributed by atoms with van der Waals surface area (Å²) in [6.07, 6.45) is 5.02. The van der Waals surface area contributed by atoms with Crippen molar-refractivity contribution in [2.24, 2.45) is 5.92 Å². The Morgan fingerprint density at radius 2 is 2.00 bits per heavy atom. The zero-order valence-corrected chi connectivity index (χ0v) is 13.6. The molecular formula is C16H29N3O. The Hall–Kier alpha value is -1.32. The Balaban J connectivity index is 2.85. The first-order chi connectivity index (χ1) is 9.43. The van der Waals surface area contributed by atoms with Crippen molar-refractivity contribution in [2.75, 3.05) is 5.32 Å². The average molecular weight is 279 g/mol. The molecule has 0 fully saturated rings. The van der Waals surface area contributed by atoms with Crippen LogP contribution in [-0.2, 0) is 6.42 Å². The van der Waals surface area contributed by atoms with Crippen molar-refractivity contribution < 1.29 is 4.79 Å². The molecule has 1 N–H and O–H groups in total. The van der Waals surface area contributed by atoms with E-state index in [0.29, 0.717) is 18.4 Å². The highest BCUT2D eigenvalue weighted by Gasteiger charge is 2.16. The maximum Gasteiger partial charge on any atom is 0.249 e. The zero-order chi connectivity index (χ0) is 15.1. The highest BCUT2D eigenvalue weighted by atomic mass is 16.2. The van der Waals surface area contributed by atoms with Crippen LogP contribution in [0, 0.1) is 5.92 Å². The van der Waals surface area contributed by atoms with E-state index in [1.165, 1.54) is 12.8 Å². The second-order valence-electron chi connectivity index (χ2n) is 6.18. The maximum absolute atomic E-state index is 12.3. The van der Waals surface area contributed by atoms with E-state index in [2.05, 4.69) is 45.0 Å². The van der Waals surface area contributed by atoms with E-state index in [1.807, 2.05) is 6.07 Å². The molecule has 4 nitrogen and oxygen atoms in total. The summed E-state index contributed by atoms with van der Waals surface area (Å²) in [6, 6.07) is 2.31. The molecule has 1 rings (SSSR count). The predicted molar refractivity (Wildman–Crippen MR) is 84.3 cm³/mol. The van der Waals surface area contributed by atoms with E-state index in [1.54, 1.807) is 4.68 Å². The molecule has 1 aromatic heterocycles. The van der Waals surface area contributed by atoms with Crippen molar-refractivity contribution in [1.29, 1.82) is 0 Å². The van der Waals surface area contributed by atoms with Crippen LogP contribution in [0.2, 0.25) is 0 Å². The number of rotatable bonds is 8. The zero-order valence-electron chi connectivity index (χ0n) is 13.6. The quantitative estimate of drug-likeness (QED) is 0.728. The molecule has 0 spiro atoms. The lowest BCUT2D eigenvalue weighted by atomic mass is 10.1. The van der Waals surface area contributed by atoms with Crippen molar-refractivity contribution in [2.45, 2.75) is 72.8 Å². The van der Waals surface area contributed by atoms with Gasteiger partial charge in [0.05, 0.1) is 5.69 Å². The van der Waals surface area contributed by atoms with Gasteiger partial charge in [0.1, 0.15) is 5.82 Å². The summed E-state index contributed by atoms with van der Waals surface area (Å²) in [5, 5.41) is 7.81. The third-order valence-corrected chi connectivity index (χ3v) is 3.05. The van der Waals surface area contributed by atoms with E-state index in [4.69, 9.17) is 0 Å². The molecule has 0 aromatic carbocycles. The van der Waals surface area contributed by atoms with Crippen molar-refractivity contribution in [1.82, 2.24) is 9.78 Å². The molecule has 0 amide bonds. The number of hydrogen-bond donors (Lipinski definition) is 1. The lowest BCUT2D eigenvalue weighted by molar-refractivity contribution is 0.0872. The van der Waals surface area contributed by atoms with Gasteiger partial charge in [-0.05, 0) is 32.6 Å². The van der Waals surface area contributed by atoms with Crippen molar-refractivity contribution in [3.05, 3.63) is 11.8 Å². The fourth-order valence-corrected chi connectivity index (χ4v) is 2.13. The van der Waals surface area contributed by atoms with Gasteiger partial charge in [-0.15, -0.1) is 0 Å². The van der Waals surface area contributed by atoms with Gasteiger partial charge in [-0.2, -0.15) is 9.78 Å². The minimum atomic E-state index is 0.0740. The van der Waals surface area contributed by atoms with Gasteiger partial charge in [0, 0.05) is 18.5 Å². The summed E-state index contributed by atoms with van der Waals surface area (Å²) in [4.78, 5) is 12.3. The molecule has 0 aliphatic carbocycles. The highest BCUT2D eigenvalue weighted by molar-refractivity contribution is 5.81. The van der Waals surface area contributed by atoms with Gasteiger partial charge in [0.25, 0.3) is 0 Å². The first-order valence-electron chi connectivity index (χ1n) is 7.82. The number of nitrogens with zero attached hydrogens (tertiary/aromatic N) is 2. The number of aromatic nitrogens is 2. The number of nitrogens with one attached hydrogen (secondary N) is 1.